The van der Waals surface area contributed by atoms with Crippen molar-refractivity contribution in [2.75, 3.05) is 0 Å². The maximum Gasteiger partial charge on any atom is 0.0991 e. The van der Waals surface area contributed by atoms with Crippen LogP contribution >= 0.6 is 0 Å². The van der Waals surface area contributed by atoms with Crippen LogP contribution in [0.3, 0.4) is 0 Å². The van der Waals surface area contributed by atoms with E-state index in [0.717, 1.165) is 24.8 Å². The second kappa shape index (κ2) is 6.85. The molecular formula is C15H19N. The largest absolute Gasteiger partial charge is 0.192 e. The molecule has 0 heterocycles. The molecule has 0 N–H and O–H groups in total. The van der Waals surface area contributed by atoms with Crippen LogP contribution in [-0.4, -0.2) is 0 Å². The number of hydrogen-bond acceptors (Lipinski definition) is 1. The molecule has 0 saturated carbocycles. The maximum atomic E-state index is 8.74. The molecule has 0 aliphatic heterocycles. The van der Waals surface area contributed by atoms with E-state index in [2.05, 4.69) is 44.2 Å². The van der Waals surface area contributed by atoms with Gasteiger partial charge in [0.2, 0.25) is 0 Å². The molecule has 0 aliphatic rings. The second-order valence-electron chi connectivity index (χ2n) is 3.95. The molecule has 16 heavy (non-hydrogen) atoms. The molecule has 1 aromatic carbocycles. The Kier molecular flexibility index (Phi) is 5.36. The van der Waals surface area contributed by atoms with Crippen molar-refractivity contribution in [3.8, 4) is 6.07 Å². The molecule has 0 saturated heterocycles. The van der Waals surface area contributed by atoms with Crippen LogP contribution in [0.5, 0.6) is 0 Å². The molecule has 1 atom stereocenters. The molecule has 1 unspecified atom stereocenters. The normalized spacial score (nSPS) is 12.6. The molecule has 1 aromatic rings. The Morgan fingerprint density at radius 2 is 1.88 bits per heavy atom. The van der Waals surface area contributed by atoms with E-state index in [1.807, 2.05) is 12.1 Å². The Morgan fingerprint density at radius 3 is 2.38 bits per heavy atom. The average Bonchev–Trinajstić information content (AvgIpc) is 2.35. The van der Waals surface area contributed by atoms with Crippen molar-refractivity contribution in [1.29, 1.82) is 5.26 Å². The lowest BCUT2D eigenvalue weighted by Gasteiger charge is -2.12. The zero-order valence-electron chi connectivity index (χ0n) is 10.1. The second-order valence-corrected chi connectivity index (χ2v) is 3.95. The summed E-state index contributed by atoms with van der Waals surface area (Å²) in [5.74, 6) is 0.579. The zero-order valence-corrected chi connectivity index (χ0v) is 10.1. The fraction of sp³-hybridized carbons (Fsp3) is 0.400. The third kappa shape index (κ3) is 3.55. The lowest BCUT2D eigenvalue weighted by atomic mass is 9.92. The van der Waals surface area contributed by atoms with Gasteiger partial charge in [-0.05, 0) is 42.9 Å². The smallest absolute Gasteiger partial charge is 0.0991 e. The summed E-state index contributed by atoms with van der Waals surface area (Å²) in [6.45, 7) is 4.36. The quantitative estimate of drug-likeness (QED) is 0.665. The first-order chi connectivity index (χ1) is 7.81. The van der Waals surface area contributed by atoms with Crippen LogP contribution in [0.25, 0.3) is 0 Å². The molecule has 1 rings (SSSR count). The summed E-state index contributed by atoms with van der Waals surface area (Å²) < 4.78 is 0. The van der Waals surface area contributed by atoms with Crippen LogP contribution in [0.15, 0.2) is 36.4 Å². The zero-order chi connectivity index (χ0) is 11.8. The summed E-state index contributed by atoms with van der Waals surface area (Å²) in [6, 6.07) is 10.1. The first-order valence-electron chi connectivity index (χ1n) is 5.96. The van der Waals surface area contributed by atoms with E-state index in [1.54, 1.807) is 0 Å². The summed E-state index contributed by atoms with van der Waals surface area (Å²) in [4.78, 5) is 0. The van der Waals surface area contributed by atoms with Gasteiger partial charge >= 0.3 is 0 Å². The van der Waals surface area contributed by atoms with Crippen molar-refractivity contribution < 1.29 is 0 Å². The summed E-state index contributed by atoms with van der Waals surface area (Å²) in [7, 11) is 0. The van der Waals surface area contributed by atoms with Crippen LogP contribution < -0.4 is 0 Å². The van der Waals surface area contributed by atoms with Crippen molar-refractivity contribution in [3.05, 3.63) is 47.5 Å². The predicted molar refractivity (Wildman–Crippen MR) is 68.2 cm³/mol. The first kappa shape index (κ1) is 12.5. The lowest BCUT2D eigenvalue weighted by molar-refractivity contribution is 0.673. The number of nitrogens with zero attached hydrogens (tertiary/aromatic N) is 1. The number of allylic oxidation sites excluding steroid dienone is 2. The third-order valence-electron chi connectivity index (χ3n) is 2.83. The van der Waals surface area contributed by atoms with Crippen molar-refractivity contribution in [2.45, 2.75) is 39.0 Å². The van der Waals surface area contributed by atoms with Crippen LogP contribution in [-0.2, 0) is 0 Å². The Bertz CT molecular complexity index is 367. The van der Waals surface area contributed by atoms with E-state index in [1.165, 1.54) is 5.56 Å². The van der Waals surface area contributed by atoms with Gasteiger partial charge in [0.15, 0.2) is 0 Å². The minimum absolute atomic E-state index is 0.579. The molecule has 0 spiro atoms. The minimum atomic E-state index is 0.579. The van der Waals surface area contributed by atoms with E-state index in [9.17, 15) is 0 Å². The van der Waals surface area contributed by atoms with E-state index in [-0.39, 0.29) is 0 Å². The molecule has 0 bridgehead atoms. The minimum Gasteiger partial charge on any atom is -0.192 e. The van der Waals surface area contributed by atoms with Gasteiger partial charge in [0.05, 0.1) is 11.6 Å². The highest BCUT2D eigenvalue weighted by Crippen LogP contribution is 2.23. The molecule has 0 amide bonds. The summed E-state index contributed by atoms with van der Waals surface area (Å²) >= 11 is 0. The van der Waals surface area contributed by atoms with E-state index in [0.29, 0.717) is 5.92 Å². The number of benzene rings is 1. The van der Waals surface area contributed by atoms with Gasteiger partial charge in [-0.15, -0.1) is 0 Å². The van der Waals surface area contributed by atoms with Gasteiger partial charge in [-0.2, -0.15) is 5.26 Å². The standard InChI is InChI=1S/C15H19N/c1-3-5-6-7-14(4-2)15-10-8-13(12-16)9-11-15/h5-6,8-11,14H,3-4,7H2,1-2H3/b6-5-. The molecule has 1 heteroatoms. The van der Waals surface area contributed by atoms with Crippen LogP contribution in [0.4, 0.5) is 0 Å². The molecule has 0 aromatic heterocycles. The van der Waals surface area contributed by atoms with E-state index >= 15 is 0 Å². The summed E-state index contributed by atoms with van der Waals surface area (Å²) in [5, 5.41) is 8.74. The van der Waals surface area contributed by atoms with Gasteiger partial charge in [-0.1, -0.05) is 38.1 Å². The molecule has 1 nitrogen and oxygen atoms in total. The molecular weight excluding hydrogens is 194 g/mol. The van der Waals surface area contributed by atoms with E-state index < -0.39 is 0 Å². The summed E-state index contributed by atoms with van der Waals surface area (Å²) in [5.41, 5.74) is 2.07. The van der Waals surface area contributed by atoms with Gasteiger partial charge in [0.1, 0.15) is 0 Å². The fourth-order valence-electron chi connectivity index (χ4n) is 1.80. The van der Waals surface area contributed by atoms with Crippen LogP contribution in [0.2, 0.25) is 0 Å². The highest BCUT2D eigenvalue weighted by atomic mass is 14.2. The van der Waals surface area contributed by atoms with Gasteiger partial charge in [0, 0.05) is 0 Å². The number of hydrogen-bond donors (Lipinski definition) is 0. The lowest BCUT2D eigenvalue weighted by Crippen LogP contribution is -1.95. The molecule has 0 fully saturated rings. The van der Waals surface area contributed by atoms with Gasteiger partial charge in [0.25, 0.3) is 0 Å². The van der Waals surface area contributed by atoms with Crippen molar-refractivity contribution in [1.82, 2.24) is 0 Å². The topological polar surface area (TPSA) is 23.8 Å². The SMILES string of the molecule is CC/C=C\CC(CC)c1ccc(C#N)cc1. The van der Waals surface area contributed by atoms with Crippen molar-refractivity contribution in [3.63, 3.8) is 0 Å². The monoisotopic (exact) mass is 213 g/mol. The Hall–Kier alpha value is -1.55. The highest BCUT2D eigenvalue weighted by Gasteiger charge is 2.06. The van der Waals surface area contributed by atoms with Gasteiger partial charge in [-0.25, -0.2) is 0 Å². The highest BCUT2D eigenvalue weighted by molar-refractivity contribution is 5.33. The maximum absolute atomic E-state index is 8.74. The molecule has 84 valence electrons. The first-order valence-corrected chi connectivity index (χ1v) is 5.96. The van der Waals surface area contributed by atoms with Gasteiger partial charge in [-0.3, -0.25) is 0 Å². The van der Waals surface area contributed by atoms with Gasteiger partial charge < -0.3 is 0 Å². The fourth-order valence-corrected chi connectivity index (χ4v) is 1.80. The van der Waals surface area contributed by atoms with Crippen molar-refractivity contribution in [2.24, 2.45) is 0 Å². The molecule has 0 aliphatic carbocycles. The van der Waals surface area contributed by atoms with E-state index in [4.69, 9.17) is 5.26 Å². The Labute approximate surface area is 98.4 Å². The van der Waals surface area contributed by atoms with Crippen molar-refractivity contribution >= 4 is 0 Å². The van der Waals surface area contributed by atoms with Crippen LogP contribution in [0.1, 0.15) is 50.2 Å². The number of nitriles is 1. The van der Waals surface area contributed by atoms with Crippen LogP contribution in [0, 0.1) is 11.3 Å². The molecule has 0 radical (unpaired) electrons. The predicted octanol–water partition coefficient (Wildman–Crippen LogP) is 4.41. The summed E-state index contributed by atoms with van der Waals surface area (Å²) in [6.07, 6.45) is 7.80. The Morgan fingerprint density at radius 1 is 1.19 bits per heavy atom. The Balaban J connectivity index is 2.71. The number of rotatable bonds is 5. The average molecular weight is 213 g/mol. The third-order valence-corrected chi connectivity index (χ3v) is 2.83.